The van der Waals surface area contributed by atoms with Crippen LogP contribution in [0, 0.1) is 0 Å². The Labute approximate surface area is 105 Å². The van der Waals surface area contributed by atoms with Gasteiger partial charge in [-0.1, -0.05) is 41.9 Å². The van der Waals surface area contributed by atoms with Gasteiger partial charge in [0.05, 0.1) is 5.25 Å². The Morgan fingerprint density at radius 3 is 2.81 bits per heavy atom. The fraction of sp³-hybridized carbons (Fsp3) is 0.364. The van der Waals surface area contributed by atoms with Crippen LogP contribution in [0.2, 0.25) is 5.02 Å². The van der Waals surface area contributed by atoms with Crippen molar-refractivity contribution in [2.75, 3.05) is 0 Å². The van der Waals surface area contributed by atoms with E-state index in [2.05, 4.69) is 5.16 Å². The highest BCUT2D eigenvalue weighted by atomic mass is 35.5. The topological polar surface area (TPSA) is 58.6 Å². The second kappa shape index (κ2) is 6.66. The molecule has 0 bridgehead atoms. The van der Waals surface area contributed by atoms with E-state index in [4.69, 9.17) is 22.5 Å². The summed E-state index contributed by atoms with van der Waals surface area (Å²) in [4.78, 5) is 0. The van der Waals surface area contributed by atoms with Crippen LogP contribution in [0.25, 0.3) is 0 Å². The van der Waals surface area contributed by atoms with Crippen LogP contribution in [-0.2, 0) is 5.75 Å². The number of hydrogen-bond donors (Lipinski definition) is 2. The fourth-order valence-electron chi connectivity index (χ4n) is 1.28. The number of nitrogens with two attached hydrogens (primary N) is 1. The number of amidine groups is 1. The molecule has 0 fully saturated rings. The molecule has 1 aromatic rings. The lowest BCUT2D eigenvalue weighted by molar-refractivity contribution is 0.317. The van der Waals surface area contributed by atoms with Crippen LogP contribution in [0.1, 0.15) is 18.9 Å². The van der Waals surface area contributed by atoms with Crippen LogP contribution < -0.4 is 5.73 Å². The molecule has 1 atom stereocenters. The van der Waals surface area contributed by atoms with Crippen molar-refractivity contribution >= 4 is 29.2 Å². The highest BCUT2D eigenvalue weighted by Gasteiger charge is 2.12. The molecule has 0 spiro atoms. The van der Waals surface area contributed by atoms with E-state index in [1.54, 1.807) is 11.8 Å². The van der Waals surface area contributed by atoms with Gasteiger partial charge in [0.2, 0.25) is 0 Å². The molecule has 1 rings (SSSR count). The number of hydrogen-bond acceptors (Lipinski definition) is 3. The Balaban J connectivity index is 2.60. The smallest absolute Gasteiger partial charge is 0.152 e. The predicted octanol–water partition coefficient (Wildman–Crippen LogP) is 3.10. The van der Waals surface area contributed by atoms with Gasteiger partial charge in [-0.3, -0.25) is 0 Å². The largest absolute Gasteiger partial charge is 0.409 e. The Morgan fingerprint density at radius 1 is 1.56 bits per heavy atom. The molecule has 0 radical (unpaired) electrons. The predicted molar refractivity (Wildman–Crippen MR) is 70.2 cm³/mol. The Bertz CT molecular complexity index is 371. The highest BCUT2D eigenvalue weighted by molar-refractivity contribution is 7.99. The summed E-state index contributed by atoms with van der Waals surface area (Å²) in [6, 6.07) is 7.69. The molecule has 0 aromatic heterocycles. The van der Waals surface area contributed by atoms with Gasteiger partial charge in [0.25, 0.3) is 0 Å². The minimum Gasteiger partial charge on any atom is -0.409 e. The fourth-order valence-corrected chi connectivity index (χ4v) is 2.65. The number of nitrogens with zero attached hydrogens (tertiary/aromatic N) is 1. The molecule has 1 unspecified atom stereocenters. The third-order valence-electron chi connectivity index (χ3n) is 2.21. The van der Waals surface area contributed by atoms with Gasteiger partial charge in [-0.2, -0.15) is 0 Å². The molecule has 0 aliphatic heterocycles. The summed E-state index contributed by atoms with van der Waals surface area (Å²) in [5.41, 5.74) is 6.64. The van der Waals surface area contributed by atoms with Crippen molar-refractivity contribution in [3.05, 3.63) is 34.9 Å². The van der Waals surface area contributed by atoms with Crippen LogP contribution >= 0.6 is 23.4 Å². The molecule has 0 saturated carbocycles. The zero-order valence-electron chi connectivity index (χ0n) is 9.06. The average molecular weight is 259 g/mol. The van der Waals surface area contributed by atoms with E-state index in [1.165, 1.54) is 0 Å². The first-order chi connectivity index (χ1) is 7.69. The van der Waals surface area contributed by atoms with Crippen LogP contribution in [-0.4, -0.2) is 16.3 Å². The average Bonchev–Trinajstić information content (AvgIpc) is 2.31. The van der Waals surface area contributed by atoms with Crippen LogP contribution in [0.3, 0.4) is 0 Å². The number of benzene rings is 1. The lowest BCUT2D eigenvalue weighted by Gasteiger charge is -2.13. The number of rotatable bonds is 5. The Morgan fingerprint density at radius 2 is 2.25 bits per heavy atom. The van der Waals surface area contributed by atoms with Crippen LogP contribution in [0.5, 0.6) is 0 Å². The Hall–Kier alpha value is -0.870. The first kappa shape index (κ1) is 13.2. The molecule has 0 amide bonds. The molecule has 1 aromatic carbocycles. The second-order valence-corrected chi connectivity index (χ2v) is 4.92. The van der Waals surface area contributed by atoms with E-state index in [9.17, 15) is 0 Å². The molecular formula is C11H15ClN2OS. The van der Waals surface area contributed by atoms with E-state index in [0.717, 1.165) is 22.8 Å². The Kier molecular flexibility index (Phi) is 5.49. The standard InChI is InChI=1S/C11H15ClN2OS/c1-2-10(11(13)14-15)16-7-8-5-3-4-6-9(8)12/h3-6,10,15H,2,7H2,1H3,(H2,13,14). The highest BCUT2D eigenvalue weighted by Crippen LogP contribution is 2.24. The van der Waals surface area contributed by atoms with Crippen molar-refractivity contribution in [1.29, 1.82) is 0 Å². The van der Waals surface area contributed by atoms with Gasteiger partial charge in [-0.05, 0) is 18.1 Å². The van der Waals surface area contributed by atoms with Crippen molar-refractivity contribution in [1.82, 2.24) is 0 Å². The molecule has 5 heteroatoms. The summed E-state index contributed by atoms with van der Waals surface area (Å²) >= 11 is 7.66. The molecule has 3 nitrogen and oxygen atoms in total. The lowest BCUT2D eigenvalue weighted by Crippen LogP contribution is -2.25. The maximum Gasteiger partial charge on any atom is 0.152 e. The summed E-state index contributed by atoms with van der Waals surface area (Å²) in [5.74, 6) is 1.02. The molecule has 0 aliphatic carbocycles. The second-order valence-electron chi connectivity index (χ2n) is 3.32. The number of oxime groups is 1. The summed E-state index contributed by atoms with van der Waals surface area (Å²) in [6.45, 7) is 2.00. The van der Waals surface area contributed by atoms with Gasteiger partial charge in [0.15, 0.2) is 5.84 Å². The SMILES string of the molecule is CCC(SCc1ccccc1Cl)/C(N)=N/O. The monoisotopic (exact) mass is 258 g/mol. The maximum absolute atomic E-state index is 8.61. The summed E-state index contributed by atoms with van der Waals surface area (Å²) in [6.07, 6.45) is 0.824. The van der Waals surface area contributed by atoms with E-state index < -0.39 is 0 Å². The van der Waals surface area contributed by atoms with E-state index in [1.807, 2.05) is 31.2 Å². The van der Waals surface area contributed by atoms with Crippen molar-refractivity contribution in [3.8, 4) is 0 Å². The summed E-state index contributed by atoms with van der Waals surface area (Å²) in [7, 11) is 0. The normalized spacial score (nSPS) is 13.8. The maximum atomic E-state index is 8.61. The molecule has 0 aliphatic rings. The zero-order valence-corrected chi connectivity index (χ0v) is 10.6. The molecule has 0 saturated heterocycles. The summed E-state index contributed by atoms with van der Waals surface area (Å²) < 4.78 is 0. The van der Waals surface area contributed by atoms with Crippen molar-refractivity contribution in [2.24, 2.45) is 10.9 Å². The van der Waals surface area contributed by atoms with Crippen LogP contribution in [0.15, 0.2) is 29.4 Å². The third-order valence-corrected chi connectivity index (χ3v) is 4.04. The molecular weight excluding hydrogens is 244 g/mol. The van der Waals surface area contributed by atoms with E-state index in [-0.39, 0.29) is 11.1 Å². The molecule has 3 N–H and O–H groups in total. The first-order valence-corrected chi connectivity index (χ1v) is 6.44. The van der Waals surface area contributed by atoms with Gasteiger partial charge < -0.3 is 10.9 Å². The lowest BCUT2D eigenvalue weighted by atomic mass is 10.2. The van der Waals surface area contributed by atoms with Gasteiger partial charge in [-0.15, -0.1) is 11.8 Å². The number of halogens is 1. The van der Waals surface area contributed by atoms with E-state index in [0.29, 0.717) is 0 Å². The molecule has 16 heavy (non-hydrogen) atoms. The summed E-state index contributed by atoms with van der Waals surface area (Å²) in [5, 5.41) is 12.4. The molecule has 88 valence electrons. The van der Waals surface area contributed by atoms with Gasteiger partial charge >= 0.3 is 0 Å². The first-order valence-electron chi connectivity index (χ1n) is 5.01. The van der Waals surface area contributed by atoms with Gasteiger partial charge in [0.1, 0.15) is 0 Å². The van der Waals surface area contributed by atoms with Crippen LogP contribution in [0.4, 0.5) is 0 Å². The van der Waals surface area contributed by atoms with Crippen molar-refractivity contribution in [3.63, 3.8) is 0 Å². The third kappa shape index (κ3) is 3.61. The number of thioether (sulfide) groups is 1. The quantitative estimate of drug-likeness (QED) is 0.369. The minimum atomic E-state index is 0.0290. The zero-order chi connectivity index (χ0) is 12.0. The van der Waals surface area contributed by atoms with Gasteiger partial charge in [0, 0.05) is 10.8 Å². The minimum absolute atomic E-state index is 0.0290. The van der Waals surface area contributed by atoms with E-state index >= 15 is 0 Å². The van der Waals surface area contributed by atoms with Crippen molar-refractivity contribution in [2.45, 2.75) is 24.3 Å². The van der Waals surface area contributed by atoms with Crippen molar-refractivity contribution < 1.29 is 5.21 Å². The molecule has 0 heterocycles. The van der Waals surface area contributed by atoms with Gasteiger partial charge in [-0.25, -0.2) is 0 Å².